The molecular formula is C19H18F3N3O2S2. The van der Waals surface area contributed by atoms with E-state index < -0.39 is 21.6 Å². The van der Waals surface area contributed by atoms with E-state index in [0.29, 0.717) is 31.9 Å². The van der Waals surface area contributed by atoms with Crippen LogP contribution in [-0.4, -0.2) is 45.8 Å². The summed E-state index contributed by atoms with van der Waals surface area (Å²) >= 11 is 1.42. The number of benzene rings is 2. The molecule has 0 saturated carbocycles. The first kappa shape index (κ1) is 20.0. The Balaban J connectivity index is 1.50. The van der Waals surface area contributed by atoms with Gasteiger partial charge in [0.15, 0.2) is 15.0 Å². The van der Waals surface area contributed by atoms with Gasteiger partial charge in [0.25, 0.3) is 0 Å². The smallest absolute Gasteiger partial charge is 0.368 e. The van der Waals surface area contributed by atoms with Crippen LogP contribution >= 0.6 is 11.3 Å². The van der Waals surface area contributed by atoms with E-state index >= 15 is 0 Å². The molecule has 154 valence electrons. The number of rotatable bonds is 3. The lowest BCUT2D eigenvalue weighted by atomic mass is 10.1. The first-order valence-corrected chi connectivity index (χ1v) is 11.6. The van der Waals surface area contributed by atoms with Crippen LogP contribution in [0.3, 0.4) is 0 Å². The largest absolute Gasteiger partial charge is 0.416 e. The number of aromatic nitrogens is 1. The van der Waals surface area contributed by atoms with Crippen molar-refractivity contribution >= 4 is 42.2 Å². The number of halogens is 3. The monoisotopic (exact) mass is 441 g/mol. The maximum Gasteiger partial charge on any atom is 0.416 e. The van der Waals surface area contributed by atoms with Crippen molar-refractivity contribution in [3.05, 3.63) is 48.0 Å². The van der Waals surface area contributed by atoms with Crippen LogP contribution in [0.15, 0.2) is 47.4 Å². The lowest BCUT2D eigenvalue weighted by Crippen LogP contribution is -2.46. The topological polar surface area (TPSA) is 53.5 Å². The highest BCUT2D eigenvalue weighted by atomic mass is 32.2. The van der Waals surface area contributed by atoms with E-state index in [2.05, 4.69) is 9.88 Å². The third-order valence-electron chi connectivity index (χ3n) is 4.87. The second-order valence-electron chi connectivity index (χ2n) is 6.92. The number of anilines is 2. The lowest BCUT2D eigenvalue weighted by molar-refractivity contribution is -0.137. The minimum Gasteiger partial charge on any atom is -0.368 e. The van der Waals surface area contributed by atoms with Crippen molar-refractivity contribution in [1.29, 1.82) is 0 Å². The van der Waals surface area contributed by atoms with Gasteiger partial charge in [-0.2, -0.15) is 13.2 Å². The van der Waals surface area contributed by atoms with Gasteiger partial charge in [-0.15, -0.1) is 0 Å². The first-order valence-electron chi connectivity index (χ1n) is 8.89. The molecule has 1 fully saturated rings. The number of nitrogens with zero attached hydrogens (tertiary/aromatic N) is 3. The molecule has 0 unspecified atom stereocenters. The standard InChI is InChI=1S/C19H18F3N3O2S2/c1-29(26,27)15-5-6-16-17(12-15)28-18(23-16)25-9-7-24(8-10-25)14-4-2-3-13(11-14)19(20,21)22/h2-6,11-12H,7-10H2,1H3. The minimum atomic E-state index is -4.36. The number of thiazole rings is 1. The van der Waals surface area contributed by atoms with Crippen LogP contribution < -0.4 is 9.80 Å². The molecule has 0 aliphatic carbocycles. The maximum absolute atomic E-state index is 13.0. The molecule has 3 aromatic rings. The highest BCUT2D eigenvalue weighted by molar-refractivity contribution is 7.90. The molecule has 1 aliphatic heterocycles. The molecule has 1 saturated heterocycles. The molecule has 0 amide bonds. The second-order valence-corrected chi connectivity index (χ2v) is 9.95. The van der Waals surface area contributed by atoms with E-state index in [1.165, 1.54) is 29.7 Å². The Hall–Kier alpha value is -2.33. The number of alkyl halides is 3. The Morgan fingerprint density at radius 2 is 1.69 bits per heavy atom. The van der Waals surface area contributed by atoms with Crippen molar-refractivity contribution in [2.75, 3.05) is 42.2 Å². The van der Waals surface area contributed by atoms with Crippen molar-refractivity contribution in [3.63, 3.8) is 0 Å². The summed E-state index contributed by atoms with van der Waals surface area (Å²) in [6.07, 6.45) is -3.19. The fraction of sp³-hybridized carbons (Fsp3) is 0.316. The van der Waals surface area contributed by atoms with Gasteiger partial charge in [0.05, 0.1) is 20.7 Å². The number of fused-ring (bicyclic) bond motifs is 1. The molecular weight excluding hydrogens is 423 g/mol. The first-order chi connectivity index (χ1) is 13.6. The second kappa shape index (κ2) is 7.17. The van der Waals surface area contributed by atoms with Crippen LogP contribution in [0.25, 0.3) is 10.2 Å². The van der Waals surface area contributed by atoms with Crippen LogP contribution in [0.1, 0.15) is 5.56 Å². The normalized spacial score (nSPS) is 15.9. The highest BCUT2D eigenvalue weighted by Crippen LogP contribution is 2.33. The van der Waals surface area contributed by atoms with Crippen molar-refractivity contribution in [2.45, 2.75) is 11.1 Å². The molecule has 0 bridgehead atoms. The molecule has 0 atom stereocenters. The van der Waals surface area contributed by atoms with Crippen molar-refractivity contribution in [2.24, 2.45) is 0 Å². The van der Waals surface area contributed by atoms with Crippen molar-refractivity contribution in [1.82, 2.24) is 4.98 Å². The zero-order chi connectivity index (χ0) is 20.8. The summed E-state index contributed by atoms with van der Waals surface area (Å²) in [5.41, 5.74) is 0.643. The molecule has 2 aromatic carbocycles. The van der Waals surface area contributed by atoms with E-state index in [1.54, 1.807) is 24.3 Å². The molecule has 10 heteroatoms. The summed E-state index contributed by atoms with van der Waals surface area (Å²) < 4.78 is 63.1. The van der Waals surface area contributed by atoms with Gasteiger partial charge in [-0.3, -0.25) is 0 Å². The summed E-state index contributed by atoms with van der Waals surface area (Å²) in [6.45, 7) is 2.39. The molecule has 1 aliphatic rings. The van der Waals surface area contributed by atoms with E-state index in [-0.39, 0.29) is 4.90 Å². The minimum absolute atomic E-state index is 0.259. The van der Waals surface area contributed by atoms with Crippen molar-refractivity contribution < 1.29 is 21.6 Å². The number of hydrogen-bond acceptors (Lipinski definition) is 6. The molecule has 0 radical (unpaired) electrons. The molecule has 2 heterocycles. The van der Waals surface area contributed by atoms with E-state index in [4.69, 9.17) is 0 Å². The fourth-order valence-corrected chi connectivity index (χ4v) is 5.07. The zero-order valence-electron chi connectivity index (χ0n) is 15.5. The Morgan fingerprint density at radius 1 is 1.00 bits per heavy atom. The fourth-order valence-electron chi connectivity index (χ4n) is 3.29. The van der Waals surface area contributed by atoms with Crippen LogP contribution in [0.5, 0.6) is 0 Å². The molecule has 29 heavy (non-hydrogen) atoms. The van der Waals surface area contributed by atoms with Gasteiger partial charge >= 0.3 is 6.18 Å². The molecule has 1 aromatic heterocycles. The summed E-state index contributed by atoms with van der Waals surface area (Å²) in [4.78, 5) is 8.85. The van der Waals surface area contributed by atoms with E-state index in [1.807, 2.05) is 4.90 Å². The van der Waals surface area contributed by atoms with Crippen LogP contribution in [-0.2, 0) is 16.0 Å². The molecule has 0 spiro atoms. The van der Waals surface area contributed by atoms with Gasteiger partial charge in [0, 0.05) is 38.1 Å². The van der Waals surface area contributed by atoms with Gasteiger partial charge in [-0.1, -0.05) is 17.4 Å². The maximum atomic E-state index is 13.0. The average Bonchev–Trinajstić information content (AvgIpc) is 3.10. The Labute approximate surface area is 170 Å². The van der Waals surface area contributed by atoms with E-state index in [0.717, 1.165) is 21.4 Å². The average molecular weight is 442 g/mol. The van der Waals surface area contributed by atoms with Gasteiger partial charge < -0.3 is 9.80 Å². The molecule has 5 nitrogen and oxygen atoms in total. The number of piperazine rings is 1. The predicted molar refractivity (Wildman–Crippen MR) is 109 cm³/mol. The summed E-state index contributed by atoms with van der Waals surface area (Å²) in [5, 5.41) is 0.786. The van der Waals surface area contributed by atoms with Gasteiger partial charge in [-0.25, -0.2) is 13.4 Å². The number of sulfone groups is 1. The summed E-state index contributed by atoms with van der Waals surface area (Å²) in [7, 11) is -3.28. The van der Waals surface area contributed by atoms with E-state index in [9.17, 15) is 21.6 Å². The Kier molecular flexibility index (Phi) is 4.94. The van der Waals surface area contributed by atoms with Crippen LogP contribution in [0.4, 0.5) is 24.0 Å². The van der Waals surface area contributed by atoms with Crippen LogP contribution in [0.2, 0.25) is 0 Å². The summed E-state index contributed by atoms with van der Waals surface area (Å²) in [5.74, 6) is 0. The summed E-state index contributed by atoms with van der Waals surface area (Å²) in [6, 6.07) is 10.3. The SMILES string of the molecule is CS(=O)(=O)c1ccc2nc(N3CCN(c4cccc(C(F)(F)F)c4)CC3)sc2c1. The van der Waals surface area contributed by atoms with Crippen molar-refractivity contribution in [3.8, 4) is 0 Å². The number of hydrogen-bond donors (Lipinski definition) is 0. The lowest BCUT2D eigenvalue weighted by Gasteiger charge is -2.36. The van der Waals surface area contributed by atoms with Gasteiger partial charge in [-0.05, 0) is 36.4 Å². The molecule has 4 rings (SSSR count). The van der Waals surface area contributed by atoms with Gasteiger partial charge in [0.1, 0.15) is 0 Å². The Bertz CT molecular complexity index is 1150. The highest BCUT2D eigenvalue weighted by Gasteiger charge is 2.31. The van der Waals surface area contributed by atoms with Crippen LogP contribution in [0, 0.1) is 0 Å². The molecule has 0 N–H and O–H groups in total. The quantitative estimate of drug-likeness (QED) is 0.614. The Morgan fingerprint density at radius 3 is 2.34 bits per heavy atom. The predicted octanol–water partition coefficient (Wildman–Crippen LogP) is 4.05. The third-order valence-corrected chi connectivity index (χ3v) is 7.05. The third kappa shape index (κ3) is 4.18. The zero-order valence-corrected chi connectivity index (χ0v) is 17.1. The van der Waals surface area contributed by atoms with Gasteiger partial charge in [0.2, 0.25) is 0 Å².